The van der Waals surface area contributed by atoms with Crippen LogP contribution in [0.4, 0.5) is 5.69 Å². The van der Waals surface area contributed by atoms with E-state index in [1.54, 1.807) is 31.2 Å². The van der Waals surface area contributed by atoms with Crippen molar-refractivity contribution in [3.63, 3.8) is 0 Å². The van der Waals surface area contributed by atoms with E-state index >= 15 is 0 Å². The highest BCUT2D eigenvalue weighted by atomic mass is 35.5. The van der Waals surface area contributed by atoms with Crippen LogP contribution in [0.2, 0.25) is 5.02 Å². The van der Waals surface area contributed by atoms with Crippen LogP contribution in [0, 0.1) is 17.8 Å². The van der Waals surface area contributed by atoms with Crippen LogP contribution in [0.15, 0.2) is 24.3 Å². The standard InChI is InChI=1S/C24H31ClN2O6/c1-4-13(3)16(12-28)27-20(21(29)26-15-9-7-6-8-14(15)25)24-11-10-17(33-24)18(19(24)22(27)30)23(31)32-5-2/h6-9,13,16-20,28H,4-5,10-12H2,1-3H3,(H,26,29)/t13-,16-,17-,18+,19+,20-,24+/m0/s1. The van der Waals surface area contributed by atoms with E-state index in [-0.39, 0.29) is 25.0 Å². The number of benzene rings is 1. The minimum absolute atomic E-state index is 0.0666. The first-order valence-corrected chi connectivity index (χ1v) is 12.0. The number of fused-ring (bicyclic) bond motifs is 1. The van der Waals surface area contributed by atoms with Gasteiger partial charge in [-0.2, -0.15) is 0 Å². The number of likely N-dealkylation sites (tertiary alicyclic amines) is 1. The second kappa shape index (κ2) is 9.24. The van der Waals surface area contributed by atoms with Gasteiger partial charge in [0.25, 0.3) is 0 Å². The molecule has 0 unspecified atom stereocenters. The third-order valence-electron chi connectivity index (χ3n) is 7.52. The largest absolute Gasteiger partial charge is 0.466 e. The van der Waals surface area contributed by atoms with E-state index in [0.29, 0.717) is 30.0 Å². The Morgan fingerprint density at radius 1 is 1.36 bits per heavy atom. The minimum atomic E-state index is -1.15. The van der Waals surface area contributed by atoms with E-state index < -0.39 is 47.5 Å². The van der Waals surface area contributed by atoms with Crippen LogP contribution in [0.25, 0.3) is 0 Å². The van der Waals surface area contributed by atoms with Crippen LogP contribution < -0.4 is 5.32 Å². The smallest absolute Gasteiger partial charge is 0.312 e. The fourth-order valence-electron chi connectivity index (χ4n) is 5.83. The maximum atomic E-state index is 13.9. The highest BCUT2D eigenvalue weighted by molar-refractivity contribution is 6.33. The summed E-state index contributed by atoms with van der Waals surface area (Å²) in [6.07, 6.45) is 1.27. The molecule has 3 aliphatic heterocycles. The molecule has 0 aliphatic carbocycles. The highest BCUT2D eigenvalue weighted by Gasteiger charge is 2.75. The van der Waals surface area contributed by atoms with Crippen LogP contribution in [0.5, 0.6) is 0 Å². The normalized spacial score (nSPS) is 31.9. The predicted octanol–water partition coefficient (Wildman–Crippen LogP) is 2.62. The van der Waals surface area contributed by atoms with Crippen LogP contribution in [0.3, 0.4) is 0 Å². The first kappa shape index (κ1) is 24.0. The van der Waals surface area contributed by atoms with Gasteiger partial charge in [-0.3, -0.25) is 14.4 Å². The summed E-state index contributed by atoms with van der Waals surface area (Å²) in [6.45, 7) is 5.52. The molecular weight excluding hydrogens is 448 g/mol. The molecule has 8 nitrogen and oxygen atoms in total. The molecule has 3 aliphatic rings. The molecule has 1 spiro atoms. The van der Waals surface area contributed by atoms with E-state index in [4.69, 9.17) is 21.1 Å². The zero-order chi connectivity index (χ0) is 23.9. The molecule has 1 aromatic carbocycles. The van der Waals surface area contributed by atoms with E-state index in [1.165, 1.54) is 4.90 Å². The fraction of sp³-hybridized carbons (Fsp3) is 0.625. The van der Waals surface area contributed by atoms with Crippen molar-refractivity contribution in [1.82, 2.24) is 4.90 Å². The Bertz CT molecular complexity index is 941. The molecule has 33 heavy (non-hydrogen) atoms. The van der Waals surface area contributed by atoms with Gasteiger partial charge in [-0.05, 0) is 37.8 Å². The second-order valence-corrected chi connectivity index (χ2v) is 9.57. The predicted molar refractivity (Wildman–Crippen MR) is 121 cm³/mol. The Morgan fingerprint density at radius 2 is 2.09 bits per heavy atom. The number of esters is 1. The number of carbonyl (C=O) groups excluding carboxylic acids is 3. The SMILES string of the molecule is CCOC(=O)[C@@H]1[C@@H]2CC[C@]3(O2)[C@H](C(=O)Nc2ccccc2Cl)N([C@@H](CO)[C@@H](C)CC)C(=O)[C@@H]13. The number of para-hydroxylation sites is 1. The van der Waals surface area contributed by atoms with Crippen molar-refractivity contribution < 1.29 is 29.0 Å². The number of anilines is 1. The Hall–Kier alpha value is -2.16. The molecule has 3 saturated heterocycles. The summed E-state index contributed by atoms with van der Waals surface area (Å²) in [5.41, 5.74) is -0.722. The van der Waals surface area contributed by atoms with Crippen molar-refractivity contribution in [3.05, 3.63) is 29.3 Å². The summed E-state index contributed by atoms with van der Waals surface area (Å²) < 4.78 is 11.6. The molecule has 1 aromatic rings. The highest BCUT2D eigenvalue weighted by Crippen LogP contribution is 2.59. The van der Waals surface area contributed by atoms with Crippen LogP contribution in [0.1, 0.15) is 40.0 Å². The van der Waals surface area contributed by atoms with E-state index in [1.807, 2.05) is 13.8 Å². The molecule has 180 valence electrons. The molecule has 0 aromatic heterocycles. The lowest BCUT2D eigenvalue weighted by molar-refractivity contribution is -0.155. The lowest BCUT2D eigenvalue weighted by Crippen LogP contribution is -2.57. The Morgan fingerprint density at radius 3 is 2.73 bits per heavy atom. The second-order valence-electron chi connectivity index (χ2n) is 9.16. The van der Waals surface area contributed by atoms with Crippen molar-refractivity contribution in [2.24, 2.45) is 17.8 Å². The average Bonchev–Trinajstić information content (AvgIpc) is 3.43. The molecule has 4 rings (SSSR count). The summed E-state index contributed by atoms with van der Waals surface area (Å²) >= 11 is 6.26. The number of nitrogens with one attached hydrogen (secondary N) is 1. The van der Waals surface area contributed by atoms with Crippen molar-refractivity contribution in [3.8, 4) is 0 Å². The van der Waals surface area contributed by atoms with Crippen LogP contribution in [-0.2, 0) is 23.9 Å². The number of nitrogens with zero attached hydrogens (tertiary/aromatic N) is 1. The first-order chi connectivity index (χ1) is 15.8. The monoisotopic (exact) mass is 478 g/mol. The topological polar surface area (TPSA) is 105 Å². The number of hydrogen-bond acceptors (Lipinski definition) is 6. The van der Waals surface area contributed by atoms with Gasteiger partial charge in [0.2, 0.25) is 11.8 Å². The van der Waals surface area contributed by atoms with Gasteiger partial charge in [0.05, 0.1) is 47.9 Å². The third kappa shape index (κ3) is 3.72. The maximum absolute atomic E-state index is 13.9. The molecule has 3 heterocycles. The van der Waals surface area contributed by atoms with Gasteiger partial charge in [0, 0.05) is 0 Å². The Kier molecular flexibility index (Phi) is 6.71. The molecule has 0 radical (unpaired) electrons. The Balaban J connectivity index is 1.77. The van der Waals surface area contributed by atoms with Gasteiger partial charge in [-0.25, -0.2) is 0 Å². The Labute approximate surface area is 198 Å². The lowest BCUT2D eigenvalue weighted by atomic mass is 9.70. The maximum Gasteiger partial charge on any atom is 0.312 e. The zero-order valence-electron chi connectivity index (χ0n) is 19.1. The molecule has 9 heteroatoms. The van der Waals surface area contributed by atoms with Gasteiger partial charge in [-0.15, -0.1) is 0 Å². The number of aliphatic hydroxyl groups is 1. The van der Waals surface area contributed by atoms with Gasteiger partial charge >= 0.3 is 5.97 Å². The molecule has 3 fully saturated rings. The van der Waals surface area contributed by atoms with Crippen molar-refractivity contribution in [2.75, 3.05) is 18.5 Å². The molecule has 0 saturated carbocycles. The van der Waals surface area contributed by atoms with Gasteiger partial charge in [0.15, 0.2) is 0 Å². The molecule has 2 bridgehead atoms. The number of ether oxygens (including phenoxy) is 2. The molecular formula is C24H31ClN2O6. The average molecular weight is 479 g/mol. The number of halogens is 1. The fourth-order valence-corrected chi connectivity index (χ4v) is 6.02. The number of carbonyl (C=O) groups is 3. The summed E-state index contributed by atoms with van der Waals surface area (Å²) in [5, 5.41) is 13.5. The first-order valence-electron chi connectivity index (χ1n) is 11.6. The quantitative estimate of drug-likeness (QED) is 0.556. The summed E-state index contributed by atoms with van der Waals surface area (Å²) in [6, 6.07) is 5.28. The number of aliphatic hydroxyl groups excluding tert-OH is 1. The molecule has 2 amide bonds. The van der Waals surface area contributed by atoms with Crippen molar-refractivity contribution in [2.45, 2.75) is 63.8 Å². The number of amides is 2. The number of hydrogen-bond donors (Lipinski definition) is 2. The minimum Gasteiger partial charge on any atom is -0.466 e. The third-order valence-corrected chi connectivity index (χ3v) is 7.85. The van der Waals surface area contributed by atoms with Gasteiger partial charge < -0.3 is 24.8 Å². The van der Waals surface area contributed by atoms with E-state index in [0.717, 1.165) is 0 Å². The summed E-state index contributed by atoms with van der Waals surface area (Å²) in [4.78, 5) is 41.9. The zero-order valence-corrected chi connectivity index (χ0v) is 19.9. The summed E-state index contributed by atoms with van der Waals surface area (Å²) in [5.74, 6) is -2.90. The van der Waals surface area contributed by atoms with E-state index in [9.17, 15) is 19.5 Å². The van der Waals surface area contributed by atoms with Gasteiger partial charge in [-0.1, -0.05) is 44.0 Å². The lowest BCUT2D eigenvalue weighted by Gasteiger charge is -2.38. The molecule has 2 N–H and O–H groups in total. The van der Waals surface area contributed by atoms with Gasteiger partial charge in [0.1, 0.15) is 11.6 Å². The van der Waals surface area contributed by atoms with E-state index in [2.05, 4.69) is 5.32 Å². The van der Waals surface area contributed by atoms with Crippen molar-refractivity contribution in [1.29, 1.82) is 0 Å². The number of rotatable bonds is 8. The van der Waals surface area contributed by atoms with Crippen molar-refractivity contribution >= 4 is 35.1 Å². The van der Waals surface area contributed by atoms with Crippen LogP contribution in [-0.4, -0.2) is 64.8 Å². The van der Waals surface area contributed by atoms with Crippen LogP contribution >= 0.6 is 11.6 Å². The summed E-state index contributed by atoms with van der Waals surface area (Å²) in [7, 11) is 0. The molecule has 7 atom stereocenters.